The molecule has 21 heavy (non-hydrogen) atoms. The molecule has 0 radical (unpaired) electrons. The fourth-order valence-electron chi connectivity index (χ4n) is 2.17. The van der Waals surface area contributed by atoms with Crippen molar-refractivity contribution in [2.24, 2.45) is 0 Å². The van der Waals surface area contributed by atoms with E-state index in [-0.39, 0.29) is 6.03 Å². The van der Waals surface area contributed by atoms with Crippen molar-refractivity contribution in [2.75, 3.05) is 23.3 Å². The van der Waals surface area contributed by atoms with Crippen molar-refractivity contribution in [2.45, 2.75) is 6.42 Å². The van der Waals surface area contributed by atoms with E-state index in [0.29, 0.717) is 17.4 Å². The molecule has 0 spiro atoms. The van der Waals surface area contributed by atoms with Gasteiger partial charge in [-0.2, -0.15) is 0 Å². The van der Waals surface area contributed by atoms with Gasteiger partial charge in [0.15, 0.2) is 5.82 Å². The van der Waals surface area contributed by atoms with E-state index in [0.717, 1.165) is 24.3 Å². The number of nitrogens with zero attached hydrogens (tertiary/aromatic N) is 3. The van der Waals surface area contributed by atoms with Gasteiger partial charge in [0.05, 0.1) is 6.20 Å². The molecule has 0 aliphatic carbocycles. The smallest absolute Gasteiger partial charge is 0.321 e. The number of benzene rings is 1. The molecular formula is C14H14ClN5O. The van der Waals surface area contributed by atoms with Crippen LogP contribution in [0.25, 0.3) is 0 Å². The molecule has 0 bridgehead atoms. The fourth-order valence-corrected chi connectivity index (χ4v) is 2.32. The number of amides is 2. The number of halogens is 1. The molecule has 0 saturated carbocycles. The van der Waals surface area contributed by atoms with Crippen LogP contribution in [0.3, 0.4) is 0 Å². The number of anilines is 3. The molecule has 1 aliphatic heterocycles. The third-order valence-corrected chi connectivity index (χ3v) is 3.44. The lowest BCUT2D eigenvalue weighted by Gasteiger charge is -2.27. The number of aromatic nitrogens is 2. The van der Waals surface area contributed by atoms with Crippen LogP contribution in [-0.4, -0.2) is 29.1 Å². The molecule has 2 aromatic rings. The van der Waals surface area contributed by atoms with Gasteiger partial charge in [0.2, 0.25) is 0 Å². The highest BCUT2D eigenvalue weighted by atomic mass is 35.5. The average molecular weight is 304 g/mol. The maximum Gasteiger partial charge on any atom is 0.321 e. The Hall–Kier alpha value is -2.34. The molecule has 1 saturated heterocycles. The number of urea groups is 1. The summed E-state index contributed by atoms with van der Waals surface area (Å²) in [4.78, 5) is 21.5. The number of hydrogen-bond acceptors (Lipinski definition) is 4. The molecular weight excluding hydrogens is 290 g/mol. The summed E-state index contributed by atoms with van der Waals surface area (Å²) < 4.78 is 0. The van der Waals surface area contributed by atoms with Gasteiger partial charge in [-0.15, -0.1) is 0 Å². The molecule has 108 valence electrons. The Morgan fingerprint density at radius 1 is 1.38 bits per heavy atom. The average Bonchev–Trinajstić information content (AvgIpc) is 2.50. The molecule has 0 atom stereocenters. The van der Waals surface area contributed by atoms with Gasteiger partial charge in [-0.1, -0.05) is 17.7 Å². The highest BCUT2D eigenvalue weighted by Crippen LogP contribution is 2.25. The second-order valence-corrected chi connectivity index (χ2v) is 5.04. The molecule has 1 aromatic carbocycles. The SMILES string of the molecule is O=C1NCCCN1c1cccc(Nc2ncncc2Cl)c1. The van der Waals surface area contributed by atoms with Gasteiger partial charge in [-0.05, 0) is 24.6 Å². The van der Waals surface area contributed by atoms with Gasteiger partial charge < -0.3 is 10.6 Å². The van der Waals surface area contributed by atoms with Gasteiger partial charge >= 0.3 is 6.03 Å². The molecule has 7 heteroatoms. The second kappa shape index (κ2) is 5.97. The predicted octanol–water partition coefficient (Wildman–Crippen LogP) is 2.79. The first-order valence-corrected chi connectivity index (χ1v) is 7.00. The van der Waals surface area contributed by atoms with Crippen LogP contribution in [0.2, 0.25) is 5.02 Å². The molecule has 3 rings (SSSR count). The van der Waals surface area contributed by atoms with Crippen LogP contribution in [0.4, 0.5) is 22.0 Å². The van der Waals surface area contributed by atoms with Crippen molar-refractivity contribution in [1.29, 1.82) is 0 Å². The fraction of sp³-hybridized carbons (Fsp3) is 0.214. The minimum atomic E-state index is -0.0709. The topological polar surface area (TPSA) is 70.2 Å². The third kappa shape index (κ3) is 3.05. The van der Waals surface area contributed by atoms with Gasteiger partial charge in [0.1, 0.15) is 11.3 Å². The van der Waals surface area contributed by atoms with Crippen LogP contribution in [0.1, 0.15) is 6.42 Å². The summed E-state index contributed by atoms with van der Waals surface area (Å²) in [6, 6.07) is 7.50. The van der Waals surface area contributed by atoms with Gasteiger partial charge in [-0.25, -0.2) is 14.8 Å². The Balaban J connectivity index is 1.83. The summed E-state index contributed by atoms with van der Waals surface area (Å²) in [7, 11) is 0. The van der Waals surface area contributed by atoms with Gasteiger partial charge in [0.25, 0.3) is 0 Å². The minimum Gasteiger partial charge on any atom is -0.339 e. The lowest BCUT2D eigenvalue weighted by molar-refractivity contribution is 0.243. The van der Waals surface area contributed by atoms with Gasteiger partial charge in [-0.3, -0.25) is 4.90 Å². The normalized spacial score (nSPS) is 14.7. The quantitative estimate of drug-likeness (QED) is 0.914. The monoisotopic (exact) mass is 303 g/mol. The summed E-state index contributed by atoms with van der Waals surface area (Å²) >= 11 is 6.02. The summed E-state index contributed by atoms with van der Waals surface area (Å²) in [6.45, 7) is 1.44. The van der Waals surface area contributed by atoms with E-state index in [4.69, 9.17) is 11.6 Å². The van der Waals surface area contributed by atoms with E-state index >= 15 is 0 Å². The molecule has 1 aliphatic rings. The molecule has 6 nitrogen and oxygen atoms in total. The number of carbonyl (C=O) groups is 1. The van der Waals surface area contributed by atoms with Crippen molar-refractivity contribution >= 4 is 34.8 Å². The highest BCUT2D eigenvalue weighted by molar-refractivity contribution is 6.32. The first-order chi connectivity index (χ1) is 10.2. The maximum atomic E-state index is 11.9. The number of rotatable bonds is 3. The summed E-state index contributed by atoms with van der Waals surface area (Å²) in [5, 5.41) is 6.40. The second-order valence-electron chi connectivity index (χ2n) is 4.63. The van der Waals surface area contributed by atoms with Crippen molar-refractivity contribution in [3.8, 4) is 0 Å². The van der Waals surface area contributed by atoms with E-state index in [9.17, 15) is 4.79 Å². The van der Waals surface area contributed by atoms with E-state index < -0.39 is 0 Å². The van der Waals surface area contributed by atoms with E-state index in [2.05, 4.69) is 20.6 Å². The van der Waals surface area contributed by atoms with Crippen LogP contribution in [0.15, 0.2) is 36.8 Å². The lowest BCUT2D eigenvalue weighted by atomic mass is 10.2. The Morgan fingerprint density at radius 3 is 3.10 bits per heavy atom. The summed E-state index contributed by atoms with van der Waals surface area (Å²) in [5.74, 6) is 0.534. The van der Waals surface area contributed by atoms with E-state index in [1.165, 1.54) is 12.5 Å². The molecule has 2 amide bonds. The number of hydrogen-bond donors (Lipinski definition) is 2. The Kier molecular flexibility index (Phi) is 3.87. The molecule has 1 fully saturated rings. The van der Waals surface area contributed by atoms with E-state index in [1.807, 2.05) is 24.3 Å². The first-order valence-electron chi connectivity index (χ1n) is 6.62. The zero-order valence-corrected chi connectivity index (χ0v) is 12.0. The maximum absolute atomic E-state index is 11.9. The van der Waals surface area contributed by atoms with Crippen molar-refractivity contribution < 1.29 is 4.79 Å². The lowest BCUT2D eigenvalue weighted by Crippen LogP contribution is -2.46. The van der Waals surface area contributed by atoms with Gasteiger partial charge in [0, 0.05) is 24.5 Å². The summed E-state index contributed by atoms with van der Waals surface area (Å²) in [6.07, 6.45) is 3.89. The number of carbonyl (C=O) groups excluding carboxylic acids is 1. The van der Waals surface area contributed by atoms with Crippen LogP contribution in [0, 0.1) is 0 Å². The van der Waals surface area contributed by atoms with Crippen LogP contribution in [-0.2, 0) is 0 Å². The van der Waals surface area contributed by atoms with Crippen molar-refractivity contribution in [1.82, 2.24) is 15.3 Å². The Labute approximate surface area is 127 Å². The largest absolute Gasteiger partial charge is 0.339 e. The first kappa shape index (κ1) is 13.6. The van der Waals surface area contributed by atoms with E-state index in [1.54, 1.807) is 4.90 Å². The summed E-state index contributed by atoms with van der Waals surface area (Å²) in [5.41, 5.74) is 1.65. The zero-order valence-electron chi connectivity index (χ0n) is 11.2. The standard InChI is InChI=1S/C14H14ClN5O/c15-12-8-16-9-18-13(12)19-10-3-1-4-11(7-10)20-6-2-5-17-14(20)21/h1,3-4,7-9H,2,5-6H2,(H,17,21)(H,16,18,19). The molecule has 2 N–H and O–H groups in total. The number of nitrogens with one attached hydrogen (secondary N) is 2. The molecule has 0 unspecified atom stereocenters. The molecule has 2 heterocycles. The van der Waals surface area contributed by atoms with Crippen LogP contribution < -0.4 is 15.5 Å². The highest BCUT2D eigenvalue weighted by Gasteiger charge is 2.19. The minimum absolute atomic E-state index is 0.0709. The zero-order chi connectivity index (χ0) is 14.7. The third-order valence-electron chi connectivity index (χ3n) is 3.17. The predicted molar refractivity (Wildman–Crippen MR) is 82.1 cm³/mol. The Morgan fingerprint density at radius 2 is 2.29 bits per heavy atom. The van der Waals surface area contributed by atoms with Crippen LogP contribution in [0.5, 0.6) is 0 Å². The van der Waals surface area contributed by atoms with Crippen molar-refractivity contribution in [3.05, 3.63) is 41.8 Å². The Bertz CT molecular complexity index is 663. The van der Waals surface area contributed by atoms with Crippen molar-refractivity contribution in [3.63, 3.8) is 0 Å². The van der Waals surface area contributed by atoms with Crippen LogP contribution >= 0.6 is 11.6 Å². The molecule has 1 aromatic heterocycles.